The smallest absolute Gasteiger partial charge is 0.340 e. The van der Waals surface area contributed by atoms with Crippen molar-refractivity contribution in [1.82, 2.24) is 4.37 Å². The lowest BCUT2D eigenvalue weighted by Gasteiger charge is -2.08. The van der Waals surface area contributed by atoms with Crippen molar-refractivity contribution in [2.24, 2.45) is 5.92 Å². The highest BCUT2D eigenvalue weighted by Crippen LogP contribution is 2.29. The van der Waals surface area contributed by atoms with Crippen LogP contribution in [0.5, 0.6) is 0 Å². The summed E-state index contributed by atoms with van der Waals surface area (Å²) >= 11 is 1.03. The van der Waals surface area contributed by atoms with Gasteiger partial charge in [-0.2, -0.15) is 4.37 Å². The molecule has 1 aromatic rings. The summed E-state index contributed by atoms with van der Waals surface area (Å²) in [6.07, 6.45) is 6.32. The van der Waals surface area contributed by atoms with Crippen molar-refractivity contribution in [3.63, 3.8) is 0 Å². The first-order chi connectivity index (χ1) is 9.08. The Hall–Kier alpha value is -1.43. The minimum atomic E-state index is -1.04. The number of aromatic nitrogens is 1. The minimum Gasteiger partial charge on any atom is -0.478 e. The lowest BCUT2D eigenvalue weighted by molar-refractivity contribution is -0.116. The van der Waals surface area contributed by atoms with Crippen molar-refractivity contribution in [3.05, 3.63) is 11.3 Å². The summed E-state index contributed by atoms with van der Waals surface area (Å²) in [6.45, 7) is 1.63. The molecule has 6 heteroatoms. The average molecular weight is 282 g/mol. The first kappa shape index (κ1) is 14.0. The first-order valence-electron chi connectivity index (χ1n) is 6.57. The Bertz CT molecular complexity index is 478. The molecule has 1 heterocycles. The second-order valence-electron chi connectivity index (χ2n) is 5.01. The number of hydrogen-bond acceptors (Lipinski definition) is 4. The number of anilines is 1. The molecular weight excluding hydrogens is 264 g/mol. The van der Waals surface area contributed by atoms with Crippen molar-refractivity contribution in [3.8, 4) is 0 Å². The summed E-state index contributed by atoms with van der Waals surface area (Å²) in [5.74, 6) is -0.497. The molecule has 0 unspecified atom stereocenters. The van der Waals surface area contributed by atoms with Crippen molar-refractivity contribution < 1.29 is 14.7 Å². The lowest BCUT2D eigenvalue weighted by Crippen LogP contribution is -2.14. The molecule has 1 aliphatic carbocycles. The molecule has 0 bridgehead atoms. The van der Waals surface area contributed by atoms with Gasteiger partial charge >= 0.3 is 5.97 Å². The van der Waals surface area contributed by atoms with Crippen LogP contribution in [0, 0.1) is 12.8 Å². The molecule has 0 spiro atoms. The predicted octanol–water partition coefficient (Wildman–Crippen LogP) is 3.06. The first-order valence-corrected chi connectivity index (χ1v) is 7.34. The van der Waals surface area contributed by atoms with E-state index in [1.807, 2.05) is 0 Å². The lowest BCUT2D eigenvalue weighted by atomic mass is 10.0. The third-order valence-corrected chi connectivity index (χ3v) is 4.44. The van der Waals surface area contributed by atoms with Gasteiger partial charge in [0.05, 0.1) is 5.69 Å². The maximum Gasteiger partial charge on any atom is 0.340 e. The maximum atomic E-state index is 11.8. The molecule has 1 aromatic heterocycles. The van der Waals surface area contributed by atoms with Crippen molar-refractivity contribution in [1.29, 1.82) is 0 Å². The highest BCUT2D eigenvalue weighted by atomic mass is 32.1. The second kappa shape index (κ2) is 6.14. The summed E-state index contributed by atoms with van der Waals surface area (Å²) in [7, 11) is 0. The predicted molar refractivity (Wildman–Crippen MR) is 73.6 cm³/mol. The Kier molecular flexibility index (Phi) is 4.52. The summed E-state index contributed by atoms with van der Waals surface area (Å²) in [5.41, 5.74) is 0.558. The Balaban J connectivity index is 1.89. The largest absolute Gasteiger partial charge is 0.478 e. The molecule has 1 saturated carbocycles. The van der Waals surface area contributed by atoms with Gasteiger partial charge in [0.2, 0.25) is 5.91 Å². The molecule has 0 radical (unpaired) electrons. The number of nitrogens with zero attached hydrogens (tertiary/aromatic N) is 1. The summed E-state index contributed by atoms with van der Waals surface area (Å²) in [5, 5.41) is 12.1. The van der Waals surface area contributed by atoms with Gasteiger partial charge < -0.3 is 10.4 Å². The maximum absolute atomic E-state index is 11.8. The van der Waals surface area contributed by atoms with Gasteiger partial charge in [-0.25, -0.2) is 4.79 Å². The van der Waals surface area contributed by atoms with Crippen LogP contribution >= 0.6 is 11.5 Å². The molecule has 1 aliphatic rings. The van der Waals surface area contributed by atoms with Gasteiger partial charge in [0.15, 0.2) is 0 Å². The number of rotatable bonds is 5. The van der Waals surface area contributed by atoms with Gasteiger partial charge in [0.25, 0.3) is 0 Å². The van der Waals surface area contributed by atoms with Crippen LogP contribution in [0.4, 0.5) is 5.00 Å². The van der Waals surface area contributed by atoms with Crippen LogP contribution in [-0.2, 0) is 4.79 Å². The van der Waals surface area contributed by atoms with E-state index in [4.69, 9.17) is 5.11 Å². The second-order valence-corrected chi connectivity index (χ2v) is 5.79. The molecule has 1 amide bonds. The van der Waals surface area contributed by atoms with Crippen molar-refractivity contribution in [2.75, 3.05) is 5.32 Å². The fourth-order valence-corrected chi connectivity index (χ4v) is 3.34. The van der Waals surface area contributed by atoms with E-state index in [1.54, 1.807) is 6.92 Å². The molecule has 0 atom stereocenters. The molecular formula is C13H18N2O3S. The Morgan fingerprint density at radius 3 is 2.74 bits per heavy atom. The van der Waals surface area contributed by atoms with Gasteiger partial charge in [-0.15, -0.1) is 0 Å². The minimum absolute atomic E-state index is 0.110. The van der Waals surface area contributed by atoms with Crippen LogP contribution in [-0.4, -0.2) is 21.4 Å². The molecule has 0 aromatic carbocycles. The molecule has 104 valence electrons. The summed E-state index contributed by atoms with van der Waals surface area (Å²) < 4.78 is 3.97. The standard InChI is InChI=1S/C13H18N2O3S/c1-8-11(13(17)18)12(19-15-8)14-10(16)7-6-9-4-2-3-5-9/h9H,2-7H2,1H3,(H,14,16)(H,17,18). The fraction of sp³-hybridized carbons (Fsp3) is 0.615. The summed E-state index contributed by atoms with van der Waals surface area (Å²) in [6, 6.07) is 0. The number of aryl methyl sites for hydroxylation is 1. The van der Waals surface area contributed by atoms with E-state index in [9.17, 15) is 9.59 Å². The zero-order valence-electron chi connectivity index (χ0n) is 10.9. The zero-order valence-corrected chi connectivity index (χ0v) is 11.8. The van der Waals surface area contributed by atoms with Crippen LogP contribution in [0.1, 0.15) is 54.6 Å². The number of carbonyl (C=O) groups is 2. The molecule has 1 fully saturated rings. The number of carbonyl (C=O) groups excluding carboxylic acids is 1. The summed E-state index contributed by atoms with van der Waals surface area (Å²) in [4.78, 5) is 22.9. The van der Waals surface area contributed by atoms with Crippen LogP contribution in [0.25, 0.3) is 0 Å². The van der Waals surface area contributed by atoms with E-state index in [0.717, 1.165) is 18.0 Å². The molecule has 2 rings (SSSR count). The highest BCUT2D eigenvalue weighted by molar-refractivity contribution is 7.11. The van der Waals surface area contributed by atoms with Gasteiger partial charge in [0.1, 0.15) is 10.6 Å². The molecule has 19 heavy (non-hydrogen) atoms. The van der Waals surface area contributed by atoms with Crippen LogP contribution < -0.4 is 5.32 Å². The molecule has 0 saturated heterocycles. The van der Waals surface area contributed by atoms with Crippen LogP contribution in [0.2, 0.25) is 0 Å². The van der Waals surface area contributed by atoms with Crippen molar-refractivity contribution in [2.45, 2.75) is 45.4 Å². The average Bonchev–Trinajstić information content (AvgIpc) is 2.96. The number of carboxylic acid groups (broad SMARTS) is 1. The number of aromatic carboxylic acids is 1. The fourth-order valence-electron chi connectivity index (χ4n) is 2.53. The Morgan fingerprint density at radius 2 is 2.11 bits per heavy atom. The van der Waals surface area contributed by atoms with E-state index in [2.05, 4.69) is 9.69 Å². The molecule has 2 N–H and O–H groups in total. The van der Waals surface area contributed by atoms with E-state index in [-0.39, 0.29) is 11.5 Å². The Morgan fingerprint density at radius 1 is 1.42 bits per heavy atom. The zero-order chi connectivity index (χ0) is 13.8. The normalized spacial score (nSPS) is 15.6. The van der Waals surface area contributed by atoms with Gasteiger partial charge in [-0.1, -0.05) is 25.7 Å². The quantitative estimate of drug-likeness (QED) is 0.870. The number of amides is 1. The topological polar surface area (TPSA) is 79.3 Å². The highest BCUT2D eigenvalue weighted by Gasteiger charge is 2.20. The number of hydrogen-bond donors (Lipinski definition) is 2. The SMILES string of the molecule is Cc1nsc(NC(=O)CCC2CCCC2)c1C(=O)O. The molecule has 5 nitrogen and oxygen atoms in total. The number of carboxylic acids is 1. The number of nitrogens with one attached hydrogen (secondary N) is 1. The van der Waals surface area contributed by atoms with Crippen LogP contribution in [0.3, 0.4) is 0 Å². The van der Waals surface area contributed by atoms with E-state index in [0.29, 0.717) is 23.0 Å². The third-order valence-electron chi connectivity index (χ3n) is 3.58. The van der Waals surface area contributed by atoms with Crippen LogP contribution in [0.15, 0.2) is 0 Å². The van der Waals surface area contributed by atoms with Gasteiger partial charge in [0, 0.05) is 6.42 Å². The van der Waals surface area contributed by atoms with E-state index in [1.165, 1.54) is 25.7 Å². The van der Waals surface area contributed by atoms with E-state index < -0.39 is 5.97 Å². The Labute approximate surface area is 116 Å². The van der Waals surface area contributed by atoms with Gasteiger partial charge in [-0.05, 0) is 30.8 Å². The molecule has 0 aliphatic heterocycles. The van der Waals surface area contributed by atoms with E-state index >= 15 is 0 Å². The monoisotopic (exact) mass is 282 g/mol. The van der Waals surface area contributed by atoms with Crippen molar-refractivity contribution >= 4 is 28.4 Å². The third kappa shape index (κ3) is 3.53. The van der Waals surface area contributed by atoms with Gasteiger partial charge in [-0.3, -0.25) is 4.79 Å².